The summed E-state index contributed by atoms with van der Waals surface area (Å²) < 4.78 is 17.8. The van der Waals surface area contributed by atoms with Crippen LogP contribution in [0, 0.1) is 6.92 Å². The van der Waals surface area contributed by atoms with E-state index in [0.29, 0.717) is 41.8 Å². The van der Waals surface area contributed by atoms with Crippen molar-refractivity contribution in [3.05, 3.63) is 75.8 Å². The van der Waals surface area contributed by atoms with Gasteiger partial charge in [0, 0.05) is 25.2 Å². The van der Waals surface area contributed by atoms with Gasteiger partial charge in [0.1, 0.15) is 5.56 Å². The summed E-state index contributed by atoms with van der Waals surface area (Å²) in [6, 6.07) is 10.6. The number of methoxy groups -OCH3 is 1. The van der Waals surface area contributed by atoms with E-state index in [1.54, 1.807) is 31.3 Å². The molecule has 0 spiro atoms. The number of nitrogens with zero attached hydrogens (tertiary/aromatic N) is 2. The largest absolute Gasteiger partial charge is 0.490 e. The third-order valence-corrected chi connectivity index (χ3v) is 5.00. The molecule has 1 N–H and O–H groups in total. The van der Waals surface area contributed by atoms with Crippen molar-refractivity contribution in [2.24, 2.45) is 0 Å². The predicted octanol–water partition coefficient (Wildman–Crippen LogP) is 2.64. The van der Waals surface area contributed by atoms with Crippen molar-refractivity contribution < 1.29 is 19.0 Å². The van der Waals surface area contributed by atoms with Gasteiger partial charge < -0.3 is 19.5 Å². The molecule has 0 radical (unpaired) electrons. The standard InChI is InChI=1S/C23H23N3O5/c1-15-8-9-26(17-5-7-20(29-2)24-14-17)23(28)21(15)22(27)25-13-16-4-6-18-19(12-16)31-11-3-10-30-18/h4-9,12,14H,3,10-11,13H2,1-2H3,(H,25,27). The van der Waals surface area contributed by atoms with E-state index in [-0.39, 0.29) is 12.1 Å². The second-order valence-corrected chi connectivity index (χ2v) is 7.12. The van der Waals surface area contributed by atoms with Gasteiger partial charge in [-0.3, -0.25) is 14.2 Å². The zero-order chi connectivity index (χ0) is 21.8. The molecule has 1 amide bonds. The summed E-state index contributed by atoms with van der Waals surface area (Å²) in [7, 11) is 1.52. The van der Waals surface area contributed by atoms with E-state index in [1.807, 2.05) is 18.2 Å². The number of hydrogen-bond donors (Lipinski definition) is 1. The summed E-state index contributed by atoms with van der Waals surface area (Å²) in [4.78, 5) is 30.0. The number of benzene rings is 1. The first-order valence-electron chi connectivity index (χ1n) is 9.96. The summed E-state index contributed by atoms with van der Waals surface area (Å²) in [5.41, 5.74) is 1.67. The van der Waals surface area contributed by atoms with Crippen molar-refractivity contribution in [1.29, 1.82) is 0 Å². The molecule has 3 heterocycles. The van der Waals surface area contributed by atoms with Gasteiger partial charge in [-0.2, -0.15) is 0 Å². The molecule has 0 saturated heterocycles. The maximum Gasteiger partial charge on any atom is 0.268 e. The molecule has 0 bridgehead atoms. The van der Waals surface area contributed by atoms with Crippen molar-refractivity contribution in [3.63, 3.8) is 0 Å². The van der Waals surface area contributed by atoms with Gasteiger partial charge in [-0.05, 0) is 42.3 Å². The van der Waals surface area contributed by atoms with Gasteiger partial charge in [0.2, 0.25) is 5.88 Å². The number of pyridine rings is 2. The second-order valence-electron chi connectivity index (χ2n) is 7.12. The fourth-order valence-corrected chi connectivity index (χ4v) is 3.33. The first kappa shape index (κ1) is 20.5. The van der Waals surface area contributed by atoms with Gasteiger partial charge in [-0.15, -0.1) is 0 Å². The van der Waals surface area contributed by atoms with Crippen LogP contribution in [0.25, 0.3) is 5.69 Å². The second kappa shape index (κ2) is 8.91. The Kier molecular flexibility index (Phi) is 5.88. The lowest BCUT2D eigenvalue weighted by Crippen LogP contribution is -2.33. The number of nitrogens with one attached hydrogen (secondary N) is 1. The summed E-state index contributed by atoms with van der Waals surface area (Å²) in [5.74, 6) is 1.36. The summed E-state index contributed by atoms with van der Waals surface area (Å²) >= 11 is 0. The minimum absolute atomic E-state index is 0.0904. The van der Waals surface area contributed by atoms with E-state index >= 15 is 0 Å². The molecule has 1 aliphatic heterocycles. The number of ether oxygens (including phenoxy) is 3. The van der Waals surface area contributed by atoms with Gasteiger partial charge >= 0.3 is 0 Å². The van der Waals surface area contributed by atoms with Crippen LogP contribution in [-0.4, -0.2) is 35.8 Å². The molecule has 0 unspecified atom stereocenters. The lowest BCUT2D eigenvalue weighted by Gasteiger charge is -2.12. The first-order valence-corrected chi connectivity index (χ1v) is 9.96. The first-order chi connectivity index (χ1) is 15.1. The van der Waals surface area contributed by atoms with E-state index < -0.39 is 11.5 Å². The molecule has 31 heavy (non-hydrogen) atoms. The average Bonchev–Trinajstić information content (AvgIpc) is 3.03. The minimum atomic E-state index is -0.439. The molecule has 3 aromatic rings. The summed E-state index contributed by atoms with van der Waals surface area (Å²) in [6.45, 7) is 3.20. The Hall–Kier alpha value is -3.81. The van der Waals surface area contributed by atoms with Gasteiger partial charge in [-0.1, -0.05) is 6.07 Å². The SMILES string of the molecule is COc1ccc(-n2ccc(C)c(C(=O)NCc3ccc4c(c3)OCCCO4)c2=O)cn1. The molecule has 4 rings (SSSR count). The Morgan fingerprint density at radius 3 is 2.71 bits per heavy atom. The third kappa shape index (κ3) is 4.37. The number of aromatic nitrogens is 2. The quantitative estimate of drug-likeness (QED) is 0.681. The van der Waals surface area contributed by atoms with E-state index in [9.17, 15) is 9.59 Å². The molecule has 0 saturated carbocycles. The zero-order valence-corrected chi connectivity index (χ0v) is 17.4. The number of amides is 1. The number of aryl methyl sites for hydroxylation is 1. The molecule has 0 atom stereocenters. The average molecular weight is 421 g/mol. The van der Waals surface area contributed by atoms with Gasteiger partial charge in [0.25, 0.3) is 11.5 Å². The monoisotopic (exact) mass is 421 g/mol. The lowest BCUT2D eigenvalue weighted by molar-refractivity contribution is 0.0948. The Balaban J connectivity index is 1.54. The molecular formula is C23H23N3O5. The number of fused-ring (bicyclic) bond motifs is 1. The maximum atomic E-state index is 13.0. The maximum absolute atomic E-state index is 13.0. The molecule has 0 aliphatic carbocycles. The van der Waals surface area contributed by atoms with Crippen LogP contribution < -0.4 is 25.1 Å². The normalized spacial score (nSPS) is 12.7. The zero-order valence-electron chi connectivity index (χ0n) is 17.4. The van der Waals surface area contributed by atoms with Crippen molar-refractivity contribution in [3.8, 4) is 23.1 Å². The van der Waals surface area contributed by atoms with Crippen LogP contribution in [0.5, 0.6) is 17.4 Å². The Bertz CT molecular complexity index is 1150. The van der Waals surface area contributed by atoms with Crippen LogP contribution >= 0.6 is 0 Å². The van der Waals surface area contributed by atoms with Crippen LogP contribution in [0.2, 0.25) is 0 Å². The van der Waals surface area contributed by atoms with Crippen molar-refractivity contribution in [2.75, 3.05) is 20.3 Å². The number of carbonyl (C=O) groups excluding carboxylic acids is 1. The van der Waals surface area contributed by atoms with E-state index in [4.69, 9.17) is 14.2 Å². The van der Waals surface area contributed by atoms with Crippen molar-refractivity contribution in [2.45, 2.75) is 19.9 Å². The van der Waals surface area contributed by atoms with Crippen LogP contribution in [0.15, 0.2) is 53.6 Å². The van der Waals surface area contributed by atoms with Crippen LogP contribution in [0.4, 0.5) is 0 Å². The molecule has 8 heteroatoms. The molecule has 160 valence electrons. The number of hydrogen-bond acceptors (Lipinski definition) is 6. The molecule has 8 nitrogen and oxygen atoms in total. The lowest BCUT2D eigenvalue weighted by atomic mass is 10.1. The highest BCUT2D eigenvalue weighted by molar-refractivity contribution is 5.95. The fourth-order valence-electron chi connectivity index (χ4n) is 3.33. The smallest absolute Gasteiger partial charge is 0.268 e. The van der Waals surface area contributed by atoms with Gasteiger partial charge in [0.15, 0.2) is 11.5 Å². The highest BCUT2D eigenvalue weighted by Gasteiger charge is 2.17. The molecule has 2 aromatic heterocycles. The highest BCUT2D eigenvalue weighted by Crippen LogP contribution is 2.30. The molecule has 0 fully saturated rings. The fraction of sp³-hybridized carbons (Fsp3) is 0.261. The van der Waals surface area contributed by atoms with Gasteiger partial charge in [0.05, 0.1) is 32.2 Å². The Morgan fingerprint density at radius 1 is 1.16 bits per heavy atom. The third-order valence-electron chi connectivity index (χ3n) is 5.00. The highest BCUT2D eigenvalue weighted by atomic mass is 16.5. The summed E-state index contributed by atoms with van der Waals surface area (Å²) in [5, 5.41) is 2.83. The number of rotatable bonds is 5. The minimum Gasteiger partial charge on any atom is -0.490 e. The molecule has 1 aromatic carbocycles. The topological polar surface area (TPSA) is 91.7 Å². The number of carbonyl (C=O) groups is 1. The summed E-state index contributed by atoms with van der Waals surface area (Å²) in [6.07, 6.45) is 3.97. The van der Waals surface area contributed by atoms with Crippen LogP contribution in [0.1, 0.15) is 27.9 Å². The predicted molar refractivity (Wildman–Crippen MR) is 114 cm³/mol. The van der Waals surface area contributed by atoms with Gasteiger partial charge in [-0.25, -0.2) is 4.98 Å². The van der Waals surface area contributed by atoms with Crippen molar-refractivity contribution >= 4 is 5.91 Å². The van der Waals surface area contributed by atoms with Crippen LogP contribution in [0.3, 0.4) is 0 Å². The Morgan fingerprint density at radius 2 is 1.97 bits per heavy atom. The van der Waals surface area contributed by atoms with E-state index in [2.05, 4.69) is 10.3 Å². The Labute approximate surface area is 179 Å². The van der Waals surface area contributed by atoms with E-state index in [0.717, 1.165) is 12.0 Å². The van der Waals surface area contributed by atoms with E-state index in [1.165, 1.54) is 17.9 Å². The molecule has 1 aliphatic rings. The van der Waals surface area contributed by atoms with Crippen molar-refractivity contribution in [1.82, 2.24) is 14.9 Å². The van der Waals surface area contributed by atoms with Crippen LogP contribution in [-0.2, 0) is 6.54 Å². The molecular weight excluding hydrogens is 398 g/mol.